The predicted molar refractivity (Wildman–Crippen MR) is 80.5 cm³/mol. The molecule has 0 saturated heterocycles. The van der Waals surface area contributed by atoms with Gasteiger partial charge < -0.3 is 15.7 Å². The summed E-state index contributed by atoms with van der Waals surface area (Å²) in [6.07, 6.45) is 3.39. The number of aryl methyl sites for hydroxylation is 1. The first-order chi connectivity index (χ1) is 9.65. The number of hydrogen-bond acceptors (Lipinski definition) is 2. The quantitative estimate of drug-likeness (QED) is 0.746. The van der Waals surface area contributed by atoms with E-state index in [1.807, 2.05) is 43.3 Å². The molecule has 0 fully saturated rings. The van der Waals surface area contributed by atoms with Crippen molar-refractivity contribution in [2.45, 2.75) is 6.92 Å². The van der Waals surface area contributed by atoms with Crippen LogP contribution in [0, 0.1) is 6.92 Å². The number of carbonyl (C=O) groups is 1. The molecule has 0 aliphatic rings. The number of amides is 2. The maximum absolute atomic E-state index is 11.7. The summed E-state index contributed by atoms with van der Waals surface area (Å²) in [6.45, 7) is 1.81. The number of hydrogen-bond donors (Lipinski definition) is 3. The van der Waals surface area contributed by atoms with Crippen molar-refractivity contribution in [1.29, 1.82) is 0 Å². The van der Waals surface area contributed by atoms with Crippen molar-refractivity contribution in [2.24, 2.45) is 0 Å². The van der Waals surface area contributed by atoms with E-state index in [2.05, 4.69) is 10.6 Å². The van der Waals surface area contributed by atoms with E-state index >= 15 is 0 Å². The molecule has 0 aliphatic heterocycles. The van der Waals surface area contributed by atoms with Gasteiger partial charge in [-0.05, 0) is 42.3 Å². The van der Waals surface area contributed by atoms with Crippen molar-refractivity contribution in [3.8, 4) is 5.75 Å². The van der Waals surface area contributed by atoms with Crippen molar-refractivity contribution in [1.82, 2.24) is 5.32 Å². The largest absolute Gasteiger partial charge is 0.508 e. The van der Waals surface area contributed by atoms with Crippen LogP contribution in [0.4, 0.5) is 10.5 Å². The Bertz CT molecular complexity index is 622. The zero-order valence-electron chi connectivity index (χ0n) is 11.1. The van der Waals surface area contributed by atoms with Crippen LogP contribution >= 0.6 is 0 Å². The molecule has 2 amide bonds. The first-order valence-corrected chi connectivity index (χ1v) is 6.24. The van der Waals surface area contributed by atoms with E-state index in [9.17, 15) is 9.90 Å². The van der Waals surface area contributed by atoms with Gasteiger partial charge in [-0.2, -0.15) is 0 Å². The zero-order valence-corrected chi connectivity index (χ0v) is 11.1. The second kappa shape index (κ2) is 6.43. The molecular formula is C16H16N2O2. The van der Waals surface area contributed by atoms with Gasteiger partial charge in [-0.1, -0.05) is 30.3 Å². The third kappa shape index (κ3) is 3.88. The fourth-order valence-corrected chi connectivity index (χ4v) is 1.72. The molecular weight excluding hydrogens is 252 g/mol. The Kier molecular flexibility index (Phi) is 4.39. The molecule has 0 bridgehead atoms. The lowest BCUT2D eigenvalue weighted by molar-refractivity contribution is 0.255. The Morgan fingerprint density at radius 1 is 1.15 bits per heavy atom. The summed E-state index contributed by atoms with van der Waals surface area (Å²) in [5.74, 6) is 0.178. The summed E-state index contributed by atoms with van der Waals surface area (Å²) in [5, 5.41) is 14.6. The average Bonchev–Trinajstić information content (AvgIpc) is 2.43. The Morgan fingerprint density at radius 2 is 1.90 bits per heavy atom. The van der Waals surface area contributed by atoms with Crippen LogP contribution in [0.1, 0.15) is 11.1 Å². The number of aromatic hydroxyl groups is 1. The van der Waals surface area contributed by atoms with Gasteiger partial charge in [0.2, 0.25) is 0 Å². The van der Waals surface area contributed by atoms with Gasteiger partial charge >= 0.3 is 6.03 Å². The number of phenolic OH excluding ortho intramolecular Hbond substituents is 1. The molecule has 2 aromatic rings. The van der Waals surface area contributed by atoms with Crippen LogP contribution in [-0.2, 0) is 0 Å². The van der Waals surface area contributed by atoms with Crippen molar-refractivity contribution in [2.75, 3.05) is 5.32 Å². The van der Waals surface area contributed by atoms with Gasteiger partial charge in [0.25, 0.3) is 0 Å². The first-order valence-electron chi connectivity index (χ1n) is 6.24. The molecule has 0 heterocycles. The molecule has 20 heavy (non-hydrogen) atoms. The molecule has 102 valence electrons. The molecule has 0 unspecified atom stereocenters. The van der Waals surface area contributed by atoms with E-state index < -0.39 is 0 Å². The maximum atomic E-state index is 11.7. The molecule has 2 aromatic carbocycles. The van der Waals surface area contributed by atoms with Crippen LogP contribution in [0.5, 0.6) is 5.75 Å². The van der Waals surface area contributed by atoms with Crippen LogP contribution in [0.3, 0.4) is 0 Å². The van der Waals surface area contributed by atoms with E-state index in [0.29, 0.717) is 5.69 Å². The highest BCUT2D eigenvalue weighted by Crippen LogP contribution is 2.19. The van der Waals surface area contributed by atoms with Crippen molar-refractivity contribution in [3.05, 3.63) is 65.9 Å². The smallest absolute Gasteiger partial charge is 0.323 e. The Hall–Kier alpha value is -2.75. The van der Waals surface area contributed by atoms with Gasteiger partial charge in [0.15, 0.2) is 0 Å². The van der Waals surface area contributed by atoms with Gasteiger partial charge in [0.1, 0.15) is 5.75 Å². The van der Waals surface area contributed by atoms with Gasteiger partial charge in [0, 0.05) is 11.9 Å². The lowest BCUT2D eigenvalue weighted by Gasteiger charge is -2.08. The van der Waals surface area contributed by atoms with Crippen LogP contribution in [0.25, 0.3) is 6.08 Å². The minimum absolute atomic E-state index is 0.178. The molecule has 0 spiro atoms. The molecule has 3 N–H and O–H groups in total. The summed E-state index contributed by atoms with van der Waals surface area (Å²) in [4.78, 5) is 11.7. The third-order valence-corrected chi connectivity index (χ3v) is 2.75. The van der Waals surface area contributed by atoms with Crippen LogP contribution < -0.4 is 10.6 Å². The van der Waals surface area contributed by atoms with E-state index in [1.54, 1.807) is 18.3 Å². The Balaban J connectivity index is 1.91. The lowest BCUT2D eigenvalue weighted by atomic mass is 10.2. The summed E-state index contributed by atoms with van der Waals surface area (Å²) in [7, 11) is 0. The Labute approximate surface area is 117 Å². The van der Waals surface area contributed by atoms with Crippen LogP contribution in [-0.4, -0.2) is 11.1 Å². The summed E-state index contributed by atoms with van der Waals surface area (Å²) >= 11 is 0. The number of carbonyl (C=O) groups excluding carboxylic acids is 1. The number of rotatable bonds is 3. The average molecular weight is 268 g/mol. The monoisotopic (exact) mass is 268 g/mol. The van der Waals surface area contributed by atoms with Gasteiger partial charge in [-0.3, -0.25) is 0 Å². The van der Waals surface area contributed by atoms with Crippen LogP contribution in [0.2, 0.25) is 0 Å². The number of phenols is 1. The van der Waals surface area contributed by atoms with E-state index in [0.717, 1.165) is 11.1 Å². The number of anilines is 1. The van der Waals surface area contributed by atoms with Gasteiger partial charge in [0.05, 0.1) is 0 Å². The van der Waals surface area contributed by atoms with Crippen LogP contribution in [0.15, 0.2) is 54.7 Å². The second-order valence-corrected chi connectivity index (χ2v) is 4.34. The topological polar surface area (TPSA) is 61.4 Å². The van der Waals surface area contributed by atoms with E-state index in [1.165, 1.54) is 6.07 Å². The Morgan fingerprint density at radius 3 is 2.60 bits per heavy atom. The number of nitrogens with one attached hydrogen (secondary N) is 2. The summed E-state index contributed by atoms with van der Waals surface area (Å²) in [6, 6.07) is 14.1. The second-order valence-electron chi connectivity index (χ2n) is 4.34. The molecule has 2 rings (SSSR count). The molecule has 4 heteroatoms. The standard InChI is InChI=1S/C16H16N2O2/c1-12-11-14(19)7-8-15(12)18-16(20)17-10-9-13-5-3-2-4-6-13/h2-11,19H,1H3,(H2,17,18,20)/b10-9+. The SMILES string of the molecule is Cc1cc(O)ccc1NC(=O)N/C=C/c1ccccc1. The zero-order chi connectivity index (χ0) is 14.4. The lowest BCUT2D eigenvalue weighted by Crippen LogP contribution is -2.24. The van der Waals surface area contributed by atoms with Crippen molar-refractivity contribution < 1.29 is 9.90 Å². The first kappa shape index (κ1) is 13.7. The fraction of sp³-hybridized carbons (Fsp3) is 0.0625. The summed E-state index contributed by atoms with van der Waals surface area (Å²) < 4.78 is 0. The maximum Gasteiger partial charge on any atom is 0.323 e. The van der Waals surface area contributed by atoms with Gasteiger partial charge in [-0.15, -0.1) is 0 Å². The minimum atomic E-state index is -0.328. The fourth-order valence-electron chi connectivity index (χ4n) is 1.72. The highest BCUT2D eigenvalue weighted by Gasteiger charge is 2.03. The van der Waals surface area contributed by atoms with E-state index in [-0.39, 0.29) is 11.8 Å². The molecule has 0 saturated carbocycles. The number of benzene rings is 2. The molecule has 0 atom stereocenters. The third-order valence-electron chi connectivity index (χ3n) is 2.75. The molecule has 0 aliphatic carbocycles. The predicted octanol–water partition coefficient (Wildman–Crippen LogP) is 3.49. The highest BCUT2D eigenvalue weighted by atomic mass is 16.3. The highest BCUT2D eigenvalue weighted by molar-refractivity contribution is 5.91. The summed E-state index contributed by atoms with van der Waals surface area (Å²) in [5.41, 5.74) is 2.47. The normalized spacial score (nSPS) is 10.4. The molecule has 0 radical (unpaired) electrons. The van der Waals surface area contributed by atoms with Crippen molar-refractivity contribution in [3.63, 3.8) is 0 Å². The van der Waals surface area contributed by atoms with Crippen molar-refractivity contribution >= 4 is 17.8 Å². The van der Waals surface area contributed by atoms with E-state index in [4.69, 9.17) is 0 Å². The molecule has 0 aromatic heterocycles. The van der Waals surface area contributed by atoms with Gasteiger partial charge in [-0.25, -0.2) is 4.79 Å². The minimum Gasteiger partial charge on any atom is -0.508 e. The number of urea groups is 1. The molecule has 4 nitrogen and oxygen atoms in total.